The number of carboxylic acid groups (broad SMARTS) is 1. The smallest absolute Gasteiger partial charge is 0.313 e. The lowest BCUT2D eigenvalue weighted by Crippen LogP contribution is -2.09. The fourth-order valence-electron chi connectivity index (χ4n) is 2.00. The lowest BCUT2D eigenvalue weighted by atomic mass is 10.1. The lowest BCUT2D eigenvalue weighted by molar-refractivity contribution is -0.133. The van der Waals surface area contributed by atoms with Crippen LogP contribution in [0, 0.1) is 6.92 Å². The molecule has 0 atom stereocenters. The van der Waals surface area contributed by atoms with E-state index >= 15 is 0 Å². The standard InChI is InChI=1S/C14H17N3O3S/c1-10-3-2-4-11(7-10)5-6-17-12(8-18)15-16-14(17)21-9-13(19)20/h2-4,7,18H,5-6,8-9H2,1H3,(H,19,20). The topological polar surface area (TPSA) is 88.2 Å². The number of aliphatic hydroxyl groups excluding tert-OH is 1. The molecule has 0 radical (unpaired) electrons. The molecule has 112 valence electrons. The van der Waals surface area contributed by atoms with Gasteiger partial charge in [0, 0.05) is 6.54 Å². The summed E-state index contributed by atoms with van der Waals surface area (Å²) in [5.41, 5.74) is 2.38. The maximum absolute atomic E-state index is 10.6. The van der Waals surface area contributed by atoms with Crippen molar-refractivity contribution in [3.05, 3.63) is 41.2 Å². The van der Waals surface area contributed by atoms with Crippen molar-refractivity contribution in [1.29, 1.82) is 0 Å². The maximum Gasteiger partial charge on any atom is 0.313 e. The van der Waals surface area contributed by atoms with Gasteiger partial charge in [-0.3, -0.25) is 4.79 Å². The molecule has 1 aromatic carbocycles. The SMILES string of the molecule is Cc1cccc(CCn2c(CO)nnc2SCC(=O)O)c1. The highest BCUT2D eigenvalue weighted by molar-refractivity contribution is 7.99. The monoisotopic (exact) mass is 307 g/mol. The number of carboxylic acids is 1. The number of thioether (sulfide) groups is 1. The number of nitrogens with zero attached hydrogens (tertiary/aromatic N) is 3. The van der Waals surface area contributed by atoms with Gasteiger partial charge in [-0.05, 0) is 18.9 Å². The Kier molecular flexibility index (Phi) is 5.35. The fraction of sp³-hybridized carbons (Fsp3) is 0.357. The number of carbonyl (C=O) groups is 1. The van der Waals surface area contributed by atoms with E-state index in [1.807, 2.05) is 25.1 Å². The van der Waals surface area contributed by atoms with E-state index in [1.54, 1.807) is 4.57 Å². The summed E-state index contributed by atoms with van der Waals surface area (Å²) in [6.07, 6.45) is 0.771. The van der Waals surface area contributed by atoms with Gasteiger partial charge in [-0.1, -0.05) is 41.6 Å². The van der Waals surface area contributed by atoms with Gasteiger partial charge in [0.15, 0.2) is 11.0 Å². The summed E-state index contributed by atoms with van der Waals surface area (Å²) in [7, 11) is 0. The Morgan fingerprint density at radius 2 is 2.19 bits per heavy atom. The molecule has 0 aliphatic rings. The second-order valence-corrected chi connectivity index (χ2v) is 5.57. The van der Waals surface area contributed by atoms with E-state index in [2.05, 4.69) is 16.3 Å². The van der Waals surface area contributed by atoms with E-state index in [0.717, 1.165) is 18.2 Å². The van der Waals surface area contributed by atoms with E-state index in [4.69, 9.17) is 5.11 Å². The first-order valence-corrected chi connectivity index (χ1v) is 7.52. The summed E-state index contributed by atoms with van der Waals surface area (Å²) >= 11 is 1.11. The first-order valence-electron chi connectivity index (χ1n) is 6.53. The molecule has 21 heavy (non-hydrogen) atoms. The molecule has 7 heteroatoms. The maximum atomic E-state index is 10.6. The average molecular weight is 307 g/mol. The molecule has 0 spiro atoms. The van der Waals surface area contributed by atoms with Crippen LogP contribution in [-0.2, 0) is 24.4 Å². The Hall–Kier alpha value is -1.86. The summed E-state index contributed by atoms with van der Waals surface area (Å²) in [6, 6.07) is 8.19. The minimum atomic E-state index is -0.904. The molecular formula is C14H17N3O3S. The van der Waals surface area contributed by atoms with Crippen LogP contribution < -0.4 is 0 Å². The van der Waals surface area contributed by atoms with Crippen molar-refractivity contribution in [2.45, 2.75) is 31.7 Å². The van der Waals surface area contributed by atoms with Crippen molar-refractivity contribution in [2.24, 2.45) is 0 Å². The van der Waals surface area contributed by atoms with Gasteiger partial charge in [0.05, 0.1) is 5.75 Å². The Labute approximate surface area is 126 Å². The van der Waals surface area contributed by atoms with Crippen LogP contribution in [0.25, 0.3) is 0 Å². The van der Waals surface area contributed by atoms with Crippen LogP contribution in [0.4, 0.5) is 0 Å². The molecule has 2 rings (SSSR count). The molecule has 1 aromatic heterocycles. The zero-order valence-corrected chi connectivity index (χ0v) is 12.5. The van der Waals surface area contributed by atoms with Gasteiger partial charge in [-0.15, -0.1) is 10.2 Å². The zero-order valence-electron chi connectivity index (χ0n) is 11.7. The third kappa shape index (κ3) is 4.30. The van der Waals surface area contributed by atoms with Gasteiger partial charge in [-0.25, -0.2) is 0 Å². The van der Waals surface area contributed by atoms with Crippen LogP contribution in [0.1, 0.15) is 17.0 Å². The van der Waals surface area contributed by atoms with Gasteiger partial charge in [0.2, 0.25) is 0 Å². The highest BCUT2D eigenvalue weighted by atomic mass is 32.2. The van der Waals surface area contributed by atoms with Crippen molar-refractivity contribution in [2.75, 3.05) is 5.75 Å². The first-order chi connectivity index (χ1) is 10.1. The lowest BCUT2D eigenvalue weighted by Gasteiger charge is -2.09. The van der Waals surface area contributed by atoms with E-state index in [0.29, 0.717) is 17.5 Å². The number of benzene rings is 1. The van der Waals surface area contributed by atoms with Gasteiger partial charge < -0.3 is 14.8 Å². The normalized spacial score (nSPS) is 10.8. The van der Waals surface area contributed by atoms with Crippen molar-refractivity contribution >= 4 is 17.7 Å². The quantitative estimate of drug-likeness (QED) is 0.754. The van der Waals surface area contributed by atoms with Crippen LogP contribution in [0.15, 0.2) is 29.4 Å². The van der Waals surface area contributed by atoms with Crippen molar-refractivity contribution < 1.29 is 15.0 Å². The molecule has 0 aliphatic carbocycles. The predicted octanol–water partition coefficient (Wildman–Crippen LogP) is 1.50. The summed E-state index contributed by atoms with van der Waals surface area (Å²) < 4.78 is 1.77. The summed E-state index contributed by atoms with van der Waals surface area (Å²) in [6.45, 7) is 2.43. The van der Waals surface area contributed by atoms with Crippen molar-refractivity contribution in [3.8, 4) is 0 Å². The number of hydrogen-bond donors (Lipinski definition) is 2. The number of aliphatic carboxylic acids is 1. The largest absolute Gasteiger partial charge is 0.481 e. The molecule has 2 N–H and O–H groups in total. The van der Waals surface area contributed by atoms with Crippen LogP contribution in [-0.4, -0.2) is 36.7 Å². The van der Waals surface area contributed by atoms with Crippen molar-refractivity contribution in [3.63, 3.8) is 0 Å². The Morgan fingerprint density at radius 3 is 2.86 bits per heavy atom. The molecule has 0 bridgehead atoms. The molecule has 0 fully saturated rings. The van der Waals surface area contributed by atoms with Gasteiger partial charge in [0.1, 0.15) is 6.61 Å². The van der Waals surface area contributed by atoms with Crippen LogP contribution in [0.5, 0.6) is 0 Å². The van der Waals surface area contributed by atoms with Crippen molar-refractivity contribution in [1.82, 2.24) is 14.8 Å². The molecule has 0 saturated carbocycles. The third-order valence-electron chi connectivity index (χ3n) is 2.97. The molecular weight excluding hydrogens is 290 g/mol. The average Bonchev–Trinajstić information content (AvgIpc) is 2.85. The molecule has 0 amide bonds. The van der Waals surface area contributed by atoms with E-state index in [9.17, 15) is 9.90 Å². The summed E-state index contributed by atoms with van der Waals surface area (Å²) in [5, 5.41) is 26.4. The minimum absolute atomic E-state index is 0.0754. The number of aryl methyl sites for hydroxylation is 2. The fourth-order valence-corrected chi connectivity index (χ4v) is 2.71. The van der Waals surface area contributed by atoms with Crippen LogP contribution in [0.2, 0.25) is 0 Å². The summed E-state index contributed by atoms with van der Waals surface area (Å²) in [5.74, 6) is -0.525. The van der Waals surface area contributed by atoms with Gasteiger partial charge in [0.25, 0.3) is 0 Å². The summed E-state index contributed by atoms with van der Waals surface area (Å²) in [4.78, 5) is 10.6. The number of aromatic nitrogens is 3. The van der Waals surface area contributed by atoms with Gasteiger partial charge in [-0.2, -0.15) is 0 Å². The van der Waals surface area contributed by atoms with E-state index < -0.39 is 5.97 Å². The number of rotatable bonds is 7. The highest BCUT2D eigenvalue weighted by Crippen LogP contribution is 2.18. The highest BCUT2D eigenvalue weighted by Gasteiger charge is 2.13. The second-order valence-electron chi connectivity index (χ2n) is 4.63. The molecule has 2 aromatic rings. The predicted molar refractivity (Wildman–Crippen MR) is 79.2 cm³/mol. The first kappa shape index (κ1) is 15.5. The van der Waals surface area contributed by atoms with E-state index in [1.165, 1.54) is 11.1 Å². The second kappa shape index (κ2) is 7.24. The number of hydrogen-bond acceptors (Lipinski definition) is 5. The molecule has 1 heterocycles. The molecule has 0 aliphatic heterocycles. The molecule has 6 nitrogen and oxygen atoms in total. The van der Waals surface area contributed by atoms with Gasteiger partial charge >= 0.3 is 5.97 Å². The number of aliphatic hydroxyl groups is 1. The Bertz CT molecular complexity index is 628. The minimum Gasteiger partial charge on any atom is -0.481 e. The molecule has 0 unspecified atom stereocenters. The van der Waals surface area contributed by atoms with Crippen LogP contribution >= 0.6 is 11.8 Å². The van der Waals surface area contributed by atoms with Crippen LogP contribution in [0.3, 0.4) is 0 Å². The third-order valence-corrected chi connectivity index (χ3v) is 3.92. The molecule has 0 saturated heterocycles. The van der Waals surface area contributed by atoms with E-state index in [-0.39, 0.29) is 12.4 Å². The Balaban J connectivity index is 2.10. The zero-order chi connectivity index (χ0) is 15.2. The Morgan fingerprint density at radius 1 is 1.38 bits per heavy atom.